The number of nitrogens with two attached hydrogens (primary N) is 1. The Morgan fingerprint density at radius 3 is 2.79 bits per heavy atom. The minimum atomic E-state index is -0.368. The lowest BCUT2D eigenvalue weighted by atomic mass is 10.1. The first kappa shape index (κ1) is 11.5. The molecule has 1 heterocycles. The highest BCUT2D eigenvalue weighted by molar-refractivity contribution is 5.81. The van der Waals surface area contributed by atoms with Crippen molar-refractivity contribution in [3.8, 4) is 0 Å². The van der Waals surface area contributed by atoms with Gasteiger partial charge in [-0.2, -0.15) is 0 Å². The molecule has 0 spiro atoms. The van der Waals surface area contributed by atoms with Crippen LogP contribution in [0.15, 0.2) is 0 Å². The van der Waals surface area contributed by atoms with Crippen LogP contribution in [0.1, 0.15) is 26.7 Å². The lowest BCUT2D eigenvalue weighted by molar-refractivity contribution is -0.134. The number of hydrogen-bond donors (Lipinski definition) is 1. The van der Waals surface area contributed by atoms with Crippen LogP contribution >= 0.6 is 0 Å². The van der Waals surface area contributed by atoms with E-state index in [1.54, 1.807) is 4.90 Å². The van der Waals surface area contributed by atoms with Gasteiger partial charge in [0.25, 0.3) is 0 Å². The number of nitrogens with zero attached hydrogens (tertiary/aromatic N) is 1. The van der Waals surface area contributed by atoms with Crippen molar-refractivity contribution in [2.45, 2.75) is 44.9 Å². The van der Waals surface area contributed by atoms with Crippen LogP contribution in [-0.4, -0.2) is 42.6 Å². The Hall–Kier alpha value is -0.610. The van der Waals surface area contributed by atoms with Crippen molar-refractivity contribution < 1.29 is 9.53 Å². The SMILES string of the molecule is CC[C@@H](N)C(=O)N(C)C1CCOC1C. The van der Waals surface area contributed by atoms with Crippen molar-refractivity contribution >= 4 is 5.91 Å². The molecule has 0 aromatic rings. The molecule has 1 fully saturated rings. The standard InChI is InChI=1S/C10H20N2O2/c1-4-8(11)10(13)12(3)9-5-6-14-7(9)2/h7-9H,4-6,11H2,1-3H3/t7?,8-,9?/m1/s1. The van der Waals surface area contributed by atoms with E-state index in [1.807, 2.05) is 20.9 Å². The quantitative estimate of drug-likeness (QED) is 0.715. The second-order valence-electron chi connectivity index (χ2n) is 3.90. The van der Waals surface area contributed by atoms with Gasteiger partial charge in [0.15, 0.2) is 0 Å². The first-order valence-corrected chi connectivity index (χ1v) is 5.21. The summed E-state index contributed by atoms with van der Waals surface area (Å²) < 4.78 is 5.42. The van der Waals surface area contributed by atoms with E-state index < -0.39 is 0 Å². The average molecular weight is 200 g/mol. The van der Waals surface area contributed by atoms with Gasteiger partial charge in [0.05, 0.1) is 18.2 Å². The van der Waals surface area contributed by atoms with Crippen LogP contribution < -0.4 is 5.73 Å². The number of hydrogen-bond acceptors (Lipinski definition) is 3. The summed E-state index contributed by atoms with van der Waals surface area (Å²) in [7, 11) is 1.81. The fourth-order valence-electron chi connectivity index (χ4n) is 1.83. The number of carbonyl (C=O) groups is 1. The van der Waals surface area contributed by atoms with Crippen molar-refractivity contribution in [3.05, 3.63) is 0 Å². The number of likely N-dealkylation sites (N-methyl/N-ethyl adjacent to an activating group) is 1. The zero-order chi connectivity index (χ0) is 10.7. The molecule has 2 unspecified atom stereocenters. The molecule has 82 valence electrons. The van der Waals surface area contributed by atoms with Gasteiger partial charge in [0, 0.05) is 13.7 Å². The number of ether oxygens (including phenoxy) is 1. The Kier molecular flexibility index (Phi) is 3.89. The molecular formula is C10H20N2O2. The number of rotatable bonds is 3. The Balaban J connectivity index is 2.55. The van der Waals surface area contributed by atoms with E-state index in [0.717, 1.165) is 13.0 Å². The van der Waals surface area contributed by atoms with Gasteiger partial charge in [-0.3, -0.25) is 4.79 Å². The summed E-state index contributed by atoms with van der Waals surface area (Å²) >= 11 is 0. The first-order valence-electron chi connectivity index (χ1n) is 5.21. The van der Waals surface area contributed by atoms with Gasteiger partial charge in [-0.25, -0.2) is 0 Å². The van der Waals surface area contributed by atoms with E-state index in [9.17, 15) is 4.79 Å². The molecule has 1 aliphatic rings. The third-order valence-electron chi connectivity index (χ3n) is 2.94. The van der Waals surface area contributed by atoms with Crippen molar-refractivity contribution in [1.29, 1.82) is 0 Å². The molecule has 0 aromatic heterocycles. The third kappa shape index (κ3) is 2.25. The molecule has 0 saturated carbocycles. The van der Waals surface area contributed by atoms with Gasteiger partial charge in [-0.15, -0.1) is 0 Å². The summed E-state index contributed by atoms with van der Waals surface area (Å²) in [5, 5.41) is 0. The molecule has 1 rings (SSSR count). The highest BCUT2D eigenvalue weighted by Gasteiger charge is 2.31. The topological polar surface area (TPSA) is 55.6 Å². The highest BCUT2D eigenvalue weighted by Crippen LogP contribution is 2.18. The maximum Gasteiger partial charge on any atom is 0.239 e. The van der Waals surface area contributed by atoms with Crippen molar-refractivity contribution in [1.82, 2.24) is 4.90 Å². The van der Waals surface area contributed by atoms with Crippen molar-refractivity contribution in [2.24, 2.45) is 5.73 Å². The molecule has 3 atom stereocenters. The van der Waals surface area contributed by atoms with Gasteiger partial charge < -0.3 is 15.4 Å². The van der Waals surface area contributed by atoms with Crippen LogP contribution in [-0.2, 0) is 9.53 Å². The summed E-state index contributed by atoms with van der Waals surface area (Å²) in [5.41, 5.74) is 5.70. The summed E-state index contributed by atoms with van der Waals surface area (Å²) in [5.74, 6) is 0.0230. The van der Waals surface area contributed by atoms with Crippen LogP contribution in [0.5, 0.6) is 0 Å². The predicted molar refractivity (Wildman–Crippen MR) is 54.9 cm³/mol. The second-order valence-corrected chi connectivity index (χ2v) is 3.90. The largest absolute Gasteiger partial charge is 0.376 e. The second kappa shape index (κ2) is 4.75. The molecule has 0 bridgehead atoms. The lowest BCUT2D eigenvalue weighted by Crippen LogP contribution is -2.48. The van der Waals surface area contributed by atoms with Gasteiger partial charge in [0.1, 0.15) is 0 Å². The maximum atomic E-state index is 11.8. The first-order chi connectivity index (χ1) is 6.57. The van der Waals surface area contributed by atoms with Crippen LogP contribution in [0.2, 0.25) is 0 Å². The average Bonchev–Trinajstić information content (AvgIpc) is 2.61. The molecule has 0 aliphatic carbocycles. The van der Waals surface area contributed by atoms with Crippen molar-refractivity contribution in [3.63, 3.8) is 0 Å². The van der Waals surface area contributed by atoms with Gasteiger partial charge in [-0.05, 0) is 19.8 Å². The lowest BCUT2D eigenvalue weighted by Gasteiger charge is -2.28. The molecule has 1 aliphatic heterocycles. The van der Waals surface area contributed by atoms with Crippen LogP contribution in [0, 0.1) is 0 Å². The third-order valence-corrected chi connectivity index (χ3v) is 2.94. The summed E-state index contributed by atoms with van der Waals surface area (Å²) in [6.45, 7) is 4.66. The molecular weight excluding hydrogens is 180 g/mol. The number of amides is 1. The van der Waals surface area contributed by atoms with Gasteiger partial charge in [-0.1, -0.05) is 6.92 Å². The minimum absolute atomic E-state index is 0.0230. The normalized spacial score (nSPS) is 28.9. The van der Waals surface area contributed by atoms with E-state index in [2.05, 4.69) is 0 Å². The summed E-state index contributed by atoms with van der Waals surface area (Å²) in [4.78, 5) is 13.5. The van der Waals surface area contributed by atoms with E-state index in [0.29, 0.717) is 6.42 Å². The summed E-state index contributed by atoms with van der Waals surface area (Å²) in [6.07, 6.45) is 1.73. The molecule has 1 saturated heterocycles. The Morgan fingerprint density at radius 2 is 2.36 bits per heavy atom. The Labute approximate surface area is 85.4 Å². The number of carbonyl (C=O) groups excluding carboxylic acids is 1. The predicted octanol–water partition coefficient (Wildman–Crippen LogP) is 0.359. The Morgan fingerprint density at radius 1 is 1.71 bits per heavy atom. The van der Waals surface area contributed by atoms with E-state index >= 15 is 0 Å². The fourth-order valence-corrected chi connectivity index (χ4v) is 1.83. The van der Waals surface area contributed by atoms with Crippen LogP contribution in [0.3, 0.4) is 0 Å². The Bertz CT molecular complexity index is 208. The molecule has 0 aromatic carbocycles. The zero-order valence-electron chi connectivity index (χ0n) is 9.19. The molecule has 1 amide bonds. The van der Waals surface area contributed by atoms with E-state index in [1.165, 1.54) is 0 Å². The molecule has 0 radical (unpaired) electrons. The fraction of sp³-hybridized carbons (Fsp3) is 0.900. The maximum absolute atomic E-state index is 11.8. The molecule has 4 nitrogen and oxygen atoms in total. The highest BCUT2D eigenvalue weighted by atomic mass is 16.5. The van der Waals surface area contributed by atoms with E-state index in [4.69, 9.17) is 10.5 Å². The summed E-state index contributed by atoms with van der Waals surface area (Å²) in [6, 6.07) is -0.173. The monoisotopic (exact) mass is 200 g/mol. The van der Waals surface area contributed by atoms with Gasteiger partial charge in [0.2, 0.25) is 5.91 Å². The smallest absolute Gasteiger partial charge is 0.239 e. The molecule has 4 heteroatoms. The van der Waals surface area contributed by atoms with Crippen molar-refractivity contribution in [2.75, 3.05) is 13.7 Å². The van der Waals surface area contributed by atoms with Gasteiger partial charge >= 0.3 is 0 Å². The van der Waals surface area contributed by atoms with Crippen LogP contribution in [0.4, 0.5) is 0 Å². The molecule has 14 heavy (non-hydrogen) atoms. The minimum Gasteiger partial charge on any atom is -0.376 e. The van der Waals surface area contributed by atoms with E-state index in [-0.39, 0.29) is 24.1 Å². The zero-order valence-corrected chi connectivity index (χ0v) is 9.19. The molecule has 2 N–H and O–H groups in total. The van der Waals surface area contributed by atoms with Crippen LogP contribution in [0.25, 0.3) is 0 Å².